The number of thiophene rings is 1. The SMILES string of the molecule is CCCCCCc1cc(-c2ccc3c4ccc5c6c(ccc(c7cccc2c73)c64)C(=O)N(c2c(C(C)C)cccc2C(C)C)C5=O)sc1C1=CC(CCCCCC)CS1. The second kappa shape index (κ2) is 16.5. The minimum absolute atomic E-state index is 0.150. The van der Waals surface area contributed by atoms with Crippen molar-refractivity contribution in [1.82, 2.24) is 0 Å². The van der Waals surface area contributed by atoms with E-state index in [1.165, 1.54) is 116 Å². The molecule has 3 nitrogen and oxygen atoms in total. The summed E-state index contributed by atoms with van der Waals surface area (Å²) in [6, 6.07) is 28.3. The summed E-state index contributed by atoms with van der Waals surface area (Å²) >= 11 is 4.07. The quantitative estimate of drug-likeness (QED) is 0.0448. The van der Waals surface area contributed by atoms with Crippen LogP contribution in [0.5, 0.6) is 0 Å². The molecule has 7 aromatic rings. The lowest BCUT2D eigenvalue weighted by Gasteiger charge is -2.32. The van der Waals surface area contributed by atoms with Crippen LogP contribution in [-0.2, 0) is 6.42 Å². The van der Waals surface area contributed by atoms with Crippen LogP contribution in [-0.4, -0.2) is 17.6 Å². The number of thioether (sulfide) groups is 1. The Hall–Kier alpha value is -4.45. The largest absolute Gasteiger partial charge is 0.268 e. The number of nitrogens with zero attached hydrogens (tertiary/aromatic N) is 1. The second-order valence-electron chi connectivity index (χ2n) is 17.7. The summed E-state index contributed by atoms with van der Waals surface area (Å²) in [7, 11) is 0. The first kappa shape index (κ1) is 40.0. The minimum atomic E-state index is -0.238. The summed E-state index contributed by atoms with van der Waals surface area (Å²) in [5.74, 6) is 1.71. The lowest BCUT2D eigenvalue weighted by molar-refractivity contribution is 0.0893. The number of para-hydroxylation sites is 1. The third-order valence-electron chi connectivity index (χ3n) is 13.1. The summed E-state index contributed by atoms with van der Waals surface area (Å²) in [6.45, 7) is 13.1. The van der Waals surface area contributed by atoms with Crippen molar-refractivity contribution in [3.8, 4) is 10.4 Å². The van der Waals surface area contributed by atoms with Gasteiger partial charge in [0.25, 0.3) is 11.8 Å². The minimum Gasteiger partial charge on any atom is -0.268 e. The van der Waals surface area contributed by atoms with E-state index in [0.29, 0.717) is 17.0 Å². The van der Waals surface area contributed by atoms with Gasteiger partial charge in [0.15, 0.2) is 0 Å². The first-order valence-electron chi connectivity index (χ1n) is 22.4. The van der Waals surface area contributed by atoms with Crippen LogP contribution < -0.4 is 4.90 Å². The molecule has 0 radical (unpaired) electrons. The van der Waals surface area contributed by atoms with Crippen LogP contribution in [0.1, 0.15) is 153 Å². The molecule has 6 aromatic carbocycles. The molecule has 0 fully saturated rings. The number of fused-ring (bicyclic) bond motifs is 2. The maximum Gasteiger partial charge on any atom is 0.266 e. The smallest absolute Gasteiger partial charge is 0.266 e. The molecule has 1 unspecified atom stereocenters. The van der Waals surface area contributed by atoms with Crippen molar-refractivity contribution in [1.29, 1.82) is 0 Å². The molecule has 2 aliphatic heterocycles. The number of imide groups is 1. The van der Waals surface area contributed by atoms with Gasteiger partial charge in [-0.15, -0.1) is 23.1 Å². The highest BCUT2D eigenvalue weighted by Crippen LogP contribution is 2.50. The van der Waals surface area contributed by atoms with Gasteiger partial charge in [-0.05, 0) is 115 Å². The molecule has 0 saturated heterocycles. The number of hydrogen-bond donors (Lipinski definition) is 0. The molecule has 2 aliphatic rings. The molecule has 2 amide bonds. The molecule has 0 aliphatic carbocycles. The van der Waals surface area contributed by atoms with Gasteiger partial charge in [0.2, 0.25) is 0 Å². The monoisotopic (exact) mass is 815 g/mol. The standard InChI is InChI=1S/C54H57NO2S2/c1-7-9-11-13-17-34-29-47(58-31-34)52-35(18-14-12-10-8-2)30-46(59-52)38-23-24-41-43-26-28-45-50-44(27-25-42(49(43)50)40-22-16-21-39(38)48(40)41)53(56)55(54(45)57)51-36(32(3)4)19-15-20-37(51)33(5)6/h15-16,19-30,32-34H,7-14,17-18,31H2,1-6H3. The van der Waals surface area contributed by atoms with E-state index in [1.807, 2.05) is 23.5 Å². The fraction of sp³-hybridized carbons (Fsp3) is 0.370. The molecule has 59 heavy (non-hydrogen) atoms. The molecule has 0 saturated carbocycles. The van der Waals surface area contributed by atoms with Crippen LogP contribution in [0.25, 0.3) is 58.4 Å². The van der Waals surface area contributed by atoms with Crippen LogP contribution >= 0.6 is 23.1 Å². The normalized spacial score (nSPS) is 15.8. The summed E-state index contributed by atoms with van der Waals surface area (Å²) in [4.78, 5) is 35.3. The summed E-state index contributed by atoms with van der Waals surface area (Å²) in [6.07, 6.45) is 15.4. The Morgan fingerprint density at radius 2 is 1.20 bits per heavy atom. The fourth-order valence-corrected chi connectivity index (χ4v) is 12.7. The Morgan fingerprint density at radius 1 is 0.627 bits per heavy atom. The number of amides is 2. The Balaban J connectivity index is 1.16. The summed E-state index contributed by atoms with van der Waals surface area (Å²) in [5.41, 5.74) is 6.78. The van der Waals surface area contributed by atoms with Crippen LogP contribution in [0.4, 0.5) is 5.69 Å². The van der Waals surface area contributed by atoms with Gasteiger partial charge in [0.05, 0.1) is 5.69 Å². The molecule has 9 rings (SSSR count). The van der Waals surface area contributed by atoms with Crippen molar-refractivity contribution in [2.75, 3.05) is 10.7 Å². The van der Waals surface area contributed by atoms with Crippen LogP contribution in [0, 0.1) is 5.92 Å². The van der Waals surface area contributed by atoms with Crippen molar-refractivity contribution < 1.29 is 9.59 Å². The first-order valence-corrected chi connectivity index (χ1v) is 24.2. The van der Waals surface area contributed by atoms with E-state index in [9.17, 15) is 9.59 Å². The Morgan fingerprint density at radius 3 is 1.85 bits per heavy atom. The van der Waals surface area contributed by atoms with Gasteiger partial charge in [0.1, 0.15) is 0 Å². The predicted molar refractivity (Wildman–Crippen MR) is 257 cm³/mol. The van der Waals surface area contributed by atoms with E-state index in [1.54, 1.807) is 0 Å². The lowest BCUT2D eigenvalue weighted by atomic mass is 9.83. The highest BCUT2D eigenvalue weighted by atomic mass is 32.2. The molecule has 0 N–H and O–H groups in total. The average molecular weight is 816 g/mol. The van der Waals surface area contributed by atoms with Crippen molar-refractivity contribution in [3.63, 3.8) is 0 Å². The van der Waals surface area contributed by atoms with E-state index in [4.69, 9.17) is 0 Å². The van der Waals surface area contributed by atoms with Gasteiger partial charge in [-0.1, -0.05) is 153 Å². The predicted octanol–water partition coefficient (Wildman–Crippen LogP) is 16.3. The average Bonchev–Trinajstić information content (AvgIpc) is 3.89. The van der Waals surface area contributed by atoms with Gasteiger partial charge in [0, 0.05) is 36.9 Å². The zero-order valence-corrected chi connectivity index (χ0v) is 37.3. The summed E-state index contributed by atoms with van der Waals surface area (Å²) < 4.78 is 0. The number of benzene rings is 6. The zero-order chi connectivity index (χ0) is 40.9. The van der Waals surface area contributed by atoms with Crippen molar-refractivity contribution in [2.45, 2.75) is 118 Å². The molecule has 1 atom stereocenters. The van der Waals surface area contributed by atoms with E-state index in [-0.39, 0.29) is 23.7 Å². The molecular formula is C54H57NO2S2. The van der Waals surface area contributed by atoms with Gasteiger partial charge in [-0.2, -0.15) is 0 Å². The maximum absolute atomic E-state index is 14.7. The lowest BCUT2D eigenvalue weighted by Crippen LogP contribution is -2.41. The van der Waals surface area contributed by atoms with Crippen LogP contribution in [0.15, 0.2) is 84.9 Å². The number of carbonyl (C=O) groups is 2. The third-order valence-corrected chi connectivity index (χ3v) is 15.7. The molecule has 0 bridgehead atoms. The summed E-state index contributed by atoms with van der Waals surface area (Å²) in [5, 5.41) is 8.83. The van der Waals surface area contributed by atoms with Gasteiger partial charge in [-0.25, -0.2) is 4.90 Å². The number of aryl methyl sites for hydroxylation is 1. The topological polar surface area (TPSA) is 37.4 Å². The van der Waals surface area contributed by atoms with Gasteiger partial charge >= 0.3 is 0 Å². The molecule has 3 heterocycles. The van der Waals surface area contributed by atoms with Gasteiger partial charge < -0.3 is 0 Å². The molecule has 1 aromatic heterocycles. The molecule has 5 heteroatoms. The van der Waals surface area contributed by atoms with E-state index < -0.39 is 0 Å². The Labute approximate surface area is 358 Å². The highest BCUT2D eigenvalue weighted by molar-refractivity contribution is 8.08. The zero-order valence-electron chi connectivity index (χ0n) is 35.7. The van der Waals surface area contributed by atoms with Crippen molar-refractivity contribution in [2.24, 2.45) is 5.92 Å². The molecule has 0 spiro atoms. The number of unbranched alkanes of at least 4 members (excludes halogenated alkanes) is 6. The first-order chi connectivity index (χ1) is 28.7. The highest BCUT2D eigenvalue weighted by Gasteiger charge is 2.38. The van der Waals surface area contributed by atoms with Gasteiger partial charge in [-0.3, -0.25) is 9.59 Å². The third kappa shape index (κ3) is 6.91. The van der Waals surface area contributed by atoms with Crippen molar-refractivity contribution >= 4 is 88.6 Å². The molecule has 302 valence electrons. The number of anilines is 1. The number of allylic oxidation sites excluding steroid dienone is 1. The van der Waals surface area contributed by atoms with E-state index in [2.05, 4.69) is 126 Å². The fourth-order valence-electron chi connectivity index (χ4n) is 10.0. The molecular weight excluding hydrogens is 759 g/mol. The van der Waals surface area contributed by atoms with Crippen molar-refractivity contribution in [3.05, 3.63) is 118 Å². The Bertz CT molecular complexity index is 2670. The number of carbonyl (C=O) groups excluding carboxylic acids is 2. The van der Waals surface area contributed by atoms with Crippen LogP contribution in [0.2, 0.25) is 0 Å². The number of hydrogen-bond acceptors (Lipinski definition) is 4. The van der Waals surface area contributed by atoms with Crippen LogP contribution in [0.3, 0.4) is 0 Å². The second-order valence-corrected chi connectivity index (χ2v) is 19.8. The number of rotatable bonds is 15. The Kier molecular flexibility index (Phi) is 11.2. The van der Waals surface area contributed by atoms with E-state index in [0.717, 1.165) is 44.8 Å². The van der Waals surface area contributed by atoms with E-state index >= 15 is 0 Å². The maximum atomic E-state index is 14.7.